The summed E-state index contributed by atoms with van der Waals surface area (Å²) in [5.41, 5.74) is 0.533. The van der Waals surface area contributed by atoms with Crippen LogP contribution in [0.25, 0.3) is 0 Å². The summed E-state index contributed by atoms with van der Waals surface area (Å²) < 4.78 is 25.8. The van der Waals surface area contributed by atoms with E-state index in [0.717, 1.165) is 10.7 Å². The summed E-state index contributed by atoms with van der Waals surface area (Å²) >= 11 is 6.51. The molecular weight excluding hydrogens is 322 g/mol. The van der Waals surface area contributed by atoms with Crippen molar-refractivity contribution < 1.29 is 8.42 Å². The maximum absolute atomic E-state index is 10.9. The fourth-order valence-corrected chi connectivity index (χ4v) is 2.63. The van der Waals surface area contributed by atoms with Crippen LogP contribution in [0.3, 0.4) is 0 Å². The highest BCUT2D eigenvalue weighted by Gasteiger charge is 2.05. The summed E-state index contributed by atoms with van der Waals surface area (Å²) in [6, 6.07) is 5.21. The second kappa shape index (κ2) is 3.98. The van der Waals surface area contributed by atoms with Crippen molar-refractivity contribution in [1.82, 2.24) is 0 Å². The molecule has 0 aliphatic carbocycles. The van der Waals surface area contributed by atoms with Crippen LogP contribution in [0.15, 0.2) is 27.1 Å². The third-order valence-corrected chi connectivity index (χ3v) is 2.97. The Morgan fingerprint density at radius 2 is 1.92 bits per heavy atom. The maximum Gasteiger partial charge on any atom is 0.229 e. The van der Waals surface area contributed by atoms with Gasteiger partial charge in [-0.3, -0.25) is 4.72 Å². The topological polar surface area (TPSA) is 46.2 Å². The number of sulfonamides is 1. The van der Waals surface area contributed by atoms with Crippen molar-refractivity contribution in [2.45, 2.75) is 0 Å². The number of halogens is 2. The normalized spacial score (nSPS) is 11.3. The zero-order chi connectivity index (χ0) is 10.1. The van der Waals surface area contributed by atoms with Gasteiger partial charge in [-0.1, -0.05) is 15.9 Å². The molecular formula is C7H7Br2NO2S. The van der Waals surface area contributed by atoms with Crippen molar-refractivity contribution in [2.75, 3.05) is 11.0 Å². The Balaban J connectivity index is 3.04. The zero-order valence-electron chi connectivity index (χ0n) is 6.71. The molecule has 0 radical (unpaired) electrons. The lowest BCUT2D eigenvalue weighted by Gasteiger charge is -2.05. The molecule has 0 unspecified atom stereocenters. The van der Waals surface area contributed by atoms with Crippen LogP contribution in [0.2, 0.25) is 0 Å². The first-order chi connectivity index (χ1) is 5.88. The minimum atomic E-state index is -3.21. The van der Waals surface area contributed by atoms with Gasteiger partial charge in [-0.15, -0.1) is 0 Å². The number of rotatable bonds is 2. The van der Waals surface area contributed by atoms with E-state index in [4.69, 9.17) is 0 Å². The van der Waals surface area contributed by atoms with Gasteiger partial charge >= 0.3 is 0 Å². The van der Waals surface area contributed by atoms with Crippen molar-refractivity contribution in [3.8, 4) is 0 Å². The van der Waals surface area contributed by atoms with Crippen LogP contribution >= 0.6 is 31.9 Å². The summed E-state index contributed by atoms with van der Waals surface area (Å²) in [5.74, 6) is 0. The molecule has 0 saturated heterocycles. The average molecular weight is 329 g/mol. The van der Waals surface area contributed by atoms with Gasteiger partial charge < -0.3 is 0 Å². The summed E-state index contributed by atoms with van der Waals surface area (Å²) in [5, 5.41) is 0. The molecule has 0 saturated carbocycles. The van der Waals surface area contributed by atoms with Crippen LogP contribution in [0.1, 0.15) is 0 Å². The number of benzene rings is 1. The van der Waals surface area contributed by atoms with E-state index in [0.29, 0.717) is 10.2 Å². The molecule has 72 valence electrons. The van der Waals surface area contributed by atoms with Gasteiger partial charge in [0.15, 0.2) is 0 Å². The molecule has 0 bridgehead atoms. The first kappa shape index (κ1) is 11.0. The molecule has 0 aliphatic heterocycles. The molecule has 0 aromatic heterocycles. The Labute approximate surface area is 93.8 Å². The fourth-order valence-electron chi connectivity index (χ4n) is 0.772. The average Bonchev–Trinajstić information content (AvgIpc) is 1.93. The van der Waals surface area contributed by atoms with Crippen LogP contribution < -0.4 is 4.72 Å². The molecule has 6 heteroatoms. The van der Waals surface area contributed by atoms with Crippen molar-refractivity contribution in [3.63, 3.8) is 0 Å². The second-order valence-electron chi connectivity index (χ2n) is 2.50. The lowest BCUT2D eigenvalue weighted by Crippen LogP contribution is -2.09. The Morgan fingerprint density at radius 1 is 1.31 bits per heavy atom. The van der Waals surface area contributed by atoms with Gasteiger partial charge in [0, 0.05) is 8.95 Å². The summed E-state index contributed by atoms with van der Waals surface area (Å²) in [6.07, 6.45) is 1.11. The van der Waals surface area contributed by atoms with Crippen molar-refractivity contribution in [1.29, 1.82) is 0 Å². The molecule has 0 spiro atoms. The van der Waals surface area contributed by atoms with Crippen LogP contribution in [0.5, 0.6) is 0 Å². The molecule has 3 nitrogen and oxygen atoms in total. The van der Waals surface area contributed by atoms with Crippen LogP contribution in [-0.4, -0.2) is 14.7 Å². The predicted molar refractivity (Wildman–Crippen MR) is 60.3 cm³/mol. The minimum Gasteiger partial charge on any atom is -0.283 e. The zero-order valence-corrected chi connectivity index (χ0v) is 10.7. The highest BCUT2D eigenvalue weighted by Crippen LogP contribution is 2.26. The number of hydrogen-bond donors (Lipinski definition) is 1. The Morgan fingerprint density at radius 3 is 2.38 bits per heavy atom. The van der Waals surface area contributed by atoms with E-state index in [1.807, 2.05) is 0 Å². The quantitative estimate of drug-likeness (QED) is 0.907. The molecule has 0 aliphatic rings. The standard InChI is InChI=1S/C7H7Br2NO2S/c1-13(11,12)10-7-3-2-5(8)4-6(7)9/h2-4,10H,1H3. The van der Waals surface area contributed by atoms with E-state index in [9.17, 15) is 8.42 Å². The third kappa shape index (κ3) is 3.66. The lowest BCUT2D eigenvalue weighted by molar-refractivity contribution is 0.607. The lowest BCUT2D eigenvalue weighted by atomic mass is 10.3. The van der Waals surface area contributed by atoms with Gasteiger partial charge in [0.2, 0.25) is 10.0 Å². The largest absolute Gasteiger partial charge is 0.283 e. The summed E-state index contributed by atoms with van der Waals surface area (Å²) in [6.45, 7) is 0. The molecule has 0 atom stereocenters. The molecule has 1 aromatic carbocycles. The SMILES string of the molecule is CS(=O)(=O)Nc1ccc(Br)cc1Br. The molecule has 1 aromatic rings. The van der Waals surface area contributed by atoms with Gasteiger partial charge in [0.1, 0.15) is 0 Å². The highest BCUT2D eigenvalue weighted by molar-refractivity contribution is 9.11. The first-order valence-electron chi connectivity index (χ1n) is 3.31. The number of hydrogen-bond acceptors (Lipinski definition) is 2. The Bertz CT molecular complexity index is 417. The van der Waals surface area contributed by atoms with Crippen molar-refractivity contribution >= 4 is 47.6 Å². The van der Waals surface area contributed by atoms with E-state index in [1.54, 1.807) is 18.2 Å². The monoisotopic (exact) mass is 327 g/mol. The minimum absolute atomic E-state index is 0.533. The Kier molecular flexibility index (Phi) is 3.37. The molecule has 1 N–H and O–H groups in total. The van der Waals surface area contributed by atoms with Gasteiger partial charge in [-0.2, -0.15) is 0 Å². The van der Waals surface area contributed by atoms with Gasteiger partial charge in [0.05, 0.1) is 11.9 Å². The van der Waals surface area contributed by atoms with E-state index >= 15 is 0 Å². The Hall–Kier alpha value is -0.0700. The van der Waals surface area contributed by atoms with Crippen LogP contribution in [-0.2, 0) is 10.0 Å². The molecule has 1 rings (SSSR count). The van der Waals surface area contributed by atoms with E-state index in [2.05, 4.69) is 36.6 Å². The predicted octanol–water partition coefficient (Wildman–Crippen LogP) is 2.58. The second-order valence-corrected chi connectivity index (χ2v) is 6.02. The maximum atomic E-state index is 10.9. The number of nitrogens with one attached hydrogen (secondary N) is 1. The van der Waals surface area contributed by atoms with Crippen molar-refractivity contribution in [3.05, 3.63) is 27.1 Å². The summed E-state index contributed by atoms with van der Waals surface area (Å²) in [7, 11) is -3.21. The van der Waals surface area contributed by atoms with Crippen LogP contribution in [0, 0.1) is 0 Å². The smallest absolute Gasteiger partial charge is 0.229 e. The van der Waals surface area contributed by atoms with Crippen LogP contribution in [0.4, 0.5) is 5.69 Å². The molecule has 13 heavy (non-hydrogen) atoms. The number of anilines is 1. The van der Waals surface area contributed by atoms with E-state index in [-0.39, 0.29) is 0 Å². The summed E-state index contributed by atoms with van der Waals surface area (Å²) in [4.78, 5) is 0. The first-order valence-corrected chi connectivity index (χ1v) is 6.79. The van der Waals surface area contributed by atoms with Gasteiger partial charge in [-0.05, 0) is 34.1 Å². The highest BCUT2D eigenvalue weighted by atomic mass is 79.9. The molecule has 0 fully saturated rings. The fraction of sp³-hybridized carbons (Fsp3) is 0.143. The van der Waals surface area contributed by atoms with E-state index < -0.39 is 10.0 Å². The molecule has 0 amide bonds. The van der Waals surface area contributed by atoms with Crippen molar-refractivity contribution in [2.24, 2.45) is 0 Å². The van der Waals surface area contributed by atoms with Gasteiger partial charge in [-0.25, -0.2) is 8.42 Å². The molecule has 0 heterocycles. The van der Waals surface area contributed by atoms with E-state index in [1.165, 1.54) is 0 Å². The third-order valence-electron chi connectivity index (χ3n) is 1.23. The van der Waals surface area contributed by atoms with Gasteiger partial charge in [0.25, 0.3) is 0 Å².